The molecule has 0 saturated heterocycles. The van der Waals surface area contributed by atoms with Crippen molar-refractivity contribution >= 4 is 16.7 Å². The molecule has 0 bridgehead atoms. The lowest BCUT2D eigenvalue weighted by molar-refractivity contribution is -0.132. The maximum atomic E-state index is 14.8. The average molecular weight is 352 g/mol. The Labute approximate surface area is 151 Å². The Kier molecular flexibility index (Phi) is 4.26. The normalized spacial score (nSPS) is 16.7. The number of hydrogen-bond acceptors (Lipinski definition) is 4. The fourth-order valence-corrected chi connectivity index (χ4v) is 3.63. The third-order valence-electron chi connectivity index (χ3n) is 5.21. The van der Waals surface area contributed by atoms with Crippen LogP contribution in [-0.2, 0) is 18.3 Å². The average Bonchev–Trinajstić information content (AvgIpc) is 3.07. The van der Waals surface area contributed by atoms with Crippen LogP contribution in [0.5, 0.6) is 0 Å². The lowest BCUT2D eigenvalue weighted by Gasteiger charge is -2.27. The molecule has 0 aliphatic heterocycles. The molecule has 6 heteroatoms. The summed E-state index contributed by atoms with van der Waals surface area (Å²) >= 11 is 0. The molecule has 2 aromatic heterocycles. The van der Waals surface area contributed by atoms with E-state index in [0.717, 1.165) is 41.4 Å². The molecule has 0 radical (unpaired) electrons. The van der Waals surface area contributed by atoms with Crippen LogP contribution in [0, 0.1) is 0 Å². The number of alkyl halides is 1. The van der Waals surface area contributed by atoms with Gasteiger partial charge in [0.05, 0.1) is 30.2 Å². The van der Waals surface area contributed by atoms with Crippen molar-refractivity contribution < 1.29 is 9.18 Å². The summed E-state index contributed by atoms with van der Waals surface area (Å²) < 4.78 is 16.8. The summed E-state index contributed by atoms with van der Waals surface area (Å²) in [4.78, 5) is 25.4. The quantitative estimate of drug-likeness (QED) is 0.716. The monoisotopic (exact) mass is 352 g/mol. The Hall–Kier alpha value is -2.63. The maximum absolute atomic E-state index is 14.8. The van der Waals surface area contributed by atoms with Gasteiger partial charge in [-0.05, 0) is 31.7 Å². The highest BCUT2D eigenvalue weighted by atomic mass is 19.1. The zero-order valence-electron chi connectivity index (χ0n) is 14.8. The zero-order chi connectivity index (χ0) is 18.1. The molecule has 1 aromatic carbocycles. The maximum Gasteiger partial charge on any atom is 0.177 e. The summed E-state index contributed by atoms with van der Waals surface area (Å²) in [7, 11) is 1.93. The minimum absolute atomic E-state index is 0.0532. The fourth-order valence-electron chi connectivity index (χ4n) is 3.63. The lowest BCUT2D eigenvalue weighted by atomic mass is 9.82. The summed E-state index contributed by atoms with van der Waals surface area (Å²) in [5.41, 5.74) is 1.02. The second-order valence-electron chi connectivity index (χ2n) is 7.08. The van der Waals surface area contributed by atoms with Crippen molar-refractivity contribution in [1.82, 2.24) is 19.5 Å². The van der Waals surface area contributed by atoms with E-state index >= 15 is 0 Å². The van der Waals surface area contributed by atoms with Gasteiger partial charge < -0.3 is 4.57 Å². The van der Waals surface area contributed by atoms with E-state index in [1.165, 1.54) is 0 Å². The topological polar surface area (TPSA) is 60.7 Å². The fraction of sp³-hybridized carbons (Fsp3) is 0.400. The largest absolute Gasteiger partial charge is 0.334 e. The van der Waals surface area contributed by atoms with Gasteiger partial charge in [-0.2, -0.15) is 0 Å². The van der Waals surface area contributed by atoms with Gasteiger partial charge in [0, 0.05) is 24.2 Å². The number of aryl methyl sites for hydroxylation is 1. The van der Waals surface area contributed by atoms with Crippen molar-refractivity contribution in [3.8, 4) is 11.3 Å². The first kappa shape index (κ1) is 16.8. The van der Waals surface area contributed by atoms with Crippen LogP contribution < -0.4 is 0 Å². The van der Waals surface area contributed by atoms with Gasteiger partial charge >= 0.3 is 0 Å². The SMILES string of the molecule is Cn1cncc1-c1ccc2cnc(CC(=O)C3(F)CCCCC3)nc2c1. The van der Waals surface area contributed by atoms with E-state index in [-0.39, 0.29) is 12.2 Å². The molecule has 1 aliphatic rings. The first-order valence-corrected chi connectivity index (χ1v) is 9.00. The molecule has 3 aromatic rings. The van der Waals surface area contributed by atoms with Gasteiger partial charge in [-0.15, -0.1) is 0 Å². The standard InChI is InChI=1S/C20H21FN4O/c1-25-13-22-12-17(25)14-5-6-15-11-23-19(24-16(15)9-14)10-18(26)20(21)7-3-2-4-8-20/h5-6,9,11-13H,2-4,7-8,10H2,1H3. The number of fused-ring (bicyclic) bond motifs is 1. The number of carbonyl (C=O) groups is 1. The Morgan fingerprint density at radius 3 is 2.77 bits per heavy atom. The number of benzene rings is 1. The smallest absolute Gasteiger partial charge is 0.177 e. The highest BCUT2D eigenvalue weighted by molar-refractivity contribution is 5.89. The van der Waals surface area contributed by atoms with Crippen LogP contribution in [0.2, 0.25) is 0 Å². The first-order valence-electron chi connectivity index (χ1n) is 9.00. The Bertz CT molecular complexity index is 959. The molecule has 0 atom stereocenters. The van der Waals surface area contributed by atoms with E-state index in [0.29, 0.717) is 18.7 Å². The molecule has 1 aliphatic carbocycles. The van der Waals surface area contributed by atoms with Crippen LogP contribution in [0.1, 0.15) is 37.9 Å². The van der Waals surface area contributed by atoms with Crippen molar-refractivity contribution in [1.29, 1.82) is 0 Å². The number of rotatable bonds is 4. The number of halogens is 1. The highest BCUT2D eigenvalue weighted by Gasteiger charge is 2.39. The number of Topliss-reactive ketones (excluding diaryl/α,β-unsaturated/α-hetero) is 1. The number of nitrogens with zero attached hydrogens (tertiary/aromatic N) is 4. The molecule has 2 heterocycles. The Balaban J connectivity index is 1.62. The third-order valence-corrected chi connectivity index (χ3v) is 5.21. The molecule has 0 amide bonds. The van der Waals surface area contributed by atoms with Crippen LogP contribution >= 0.6 is 0 Å². The number of hydrogen-bond donors (Lipinski definition) is 0. The Morgan fingerprint density at radius 1 is 1.23 bits per heavy atom. The molecular formula is C20H21FN4O. The van der Waals surface area contributed by atoms with E-state index in [2.05, 4.69) is 15.0 Å². The molecule has 0 N–H and O–H groups in total. The summed E-state index contributed by atoms with van der Waals surface area (Å²) in [6.07, 6.45) is 8.38. The number of imidazole rings is 1. The van der Waals surface area contributed by atoms with Gasteiger partial charge in [0.2, 0.25) is 0 Å². The van der Waals surface area contributed by atoms with Gasteiger partial charge in [0.15, 0.2) is 11.5 Å². The molecule has 5 nitrogen and oxygen atoms in total. The first-order chi connectivity index (χ1) is 12.5. The second kappa shape index (κ2) is 6.59. The number of ketones is 1. The molecule has 26 heavy (non-hydrogen) atoms. The number of carbonyl (C=O) groups excluding carboxylic acids is 1. The molecule has 1 fully saturated rings. The van der Waals surface area contributed by atoms with Crippen molar-refractivity contribution in [3.63, 3.8) is 0 Å². The molecule has 0 unspecified atom stereocenters. The predicted octanol–water partition coefficient (Wildman–Crippen LogP) is 3.81. The molecule has 4 rings (SSSR count). The van der Waals surface area contributed by atoms with Gasteiger partial charge in [0.25, 0.3) is 0 Å². The van der Waals surface area contributed by atoms with Crippen molar-refractivity contribution in [2.75, 3.05) is 0 Å². The van der Waals surface area contributed by atoms with Gasteiger partial charge in [0.1, 0.15) is 5.82 Å². The van der Waals surface area contributed by atoms with Gasteiger partial charge in [-0.1, -0.05) is 18.6 Å². The number of aromatic nitrogens is 4. The van der Waals surface area contributed by atoms with E-state index < -0.39 is 5.67 Å². The van der Waals surface area contributed by atoms with Crippen LogP contribution in [0.4, 0.5) is 4.39 Å². The van der Waals surface area contributed by atoms with E-state index in [1.54, 1.807) is 18.7 Å². The molecule has 134 valence electrons. The highest BCUT2D eigenvalue weighted by Crippen LogP contribution is 2.33. The summed E-state index contributed by atoms with van der Waals surface area (Å²) in [5.74, 6) is -0.00778. The minimum Gasteiger partial charge on any atom is -0.334 e. The van der Waals surface area contributed by atoms with E-state index in [1.807, 2.05) is 29.8 Å². The minimum atomic E-state index is -1.70. The summed E-state index contributed by atoms with van der Waals surface area (Å²) in [6, 6.07) is 5.89. The molecule has 1 saturated carbocycles. The summed E-state index contributed by atoms with van der Waals surface area (Å²) in [6.45, 7) is 0. The zero-order valence-corrected chi connectivity index (χ0v) is 14.8. The van der Waals surface area contributed by atoms with E-state index in [9.17, 15) is 9.18 Å². The van der Waals surface area contributed by atoms with E-state index in [4.69, 9.17) is 0 Å². The Morgan fingerprint density at radius 2 is 2.04 bits per heavy atom. The van der Waals surface area contributed by atoms with Crippen LogP contribution in [0.15, 0.2) is 36.9 Å². The molecular weight excluding hydrogens is 331 g/mol. The lowest BCUT2D eigenvalue weighted by Crippen LogP contribution is -2.37. The summed E-state index contributed by atoms with van der Waals surface area (Å²) in [5, 5.41) is 0.889. The second-order valence-corrected chi connectivity index (χ2v) is 7.08. The van der Waals surface area contributed by atoms with Crippen molar-refractivity contribution in [2.45, 2.75) is 44.2 Å². The molecule has 0 spiro atoms. The van der Waals surface area contributed by atoms with Gasteiger partial charge in [-0.25, -0.2) is 19.3 Å². The predicted molar refractivity (Wildman–Crippen MR) is 97.4 cm³/mol. The van der Waals surface area contributed by atoms with Crippen molar-refractivity contribution in [2.24, 2.45) is 7.05 Å². The third kappa shape index (κ3) is 3.11. The van der Waals surface area contributed by atoms with Crippen LogP contribution in [0.25, 0.3) is 22.2 Å². The van der Waals surface area contributed by atoms with Crippen LogP contribution in [-0.4, -0.2) is 31.0 Å². The van der Waals surface area contributed by atoms with Gasteiger partial charge in [-0.3, -0.25) is 4.79 Å². The van der Waals surface area contributed by atoms with Crippen molar-refractivity contribution in [3.05, 3.63) is 42.7 Å². The van der Waals surface area contributed by atoms with Crippen LogP contribution in [0.3, 0.4) is 0 Å².